The monoisotopic (exact) mass is 284 g/mol. The molecule has 0 aliphatic rings. The van der Waals surface area contributed by atoms with E-state index in [-0.39, 0.29) is 5.75 Å². The molecule has 7 heteroatoms. The Labute approximate surface area is 113 Å². The average Bonchev–Trinajstić information content (AvgIpc) is 2.36. The number of nitrogens with zero attached hydrogens (tertiary/aromatic N) is 1. The minimum absolute atomic E-state index is 0.0955. The molecule has 1 rings (SSSR count). The summed E-state index contributed by atoms with van der Waals surface area (Å²) in [4.78, 5) is 25.8. The first kappa shape index (κ1) is 15.3. The summed E-state index contributed by atoms with van der Waals surface area (Å²) >= 11 is 0. The van der Waals surface area contributed by atoms with E-state index in [2.05, 4.69) is 10.3 Å². The standard InChI is InChI=1S/C12H16N2O4S/c1-9(15)14-11(12(16)17)8-19(18)7-5-10-4-2-3-6-13-10/h2-4,6,11H,5,7-8H2,1H3,(H,14,15)(H,16,17). The van der Waals surface area contributed by atoms with Crippen LogP contribution in [0.5, 0.6) is 0 Å². The van der Waals surface area contributed by atoms with Gasteiger partial charge in [-0.3, -0.25) is 14.0 Å². The summed E-state index contributed by atoms with van der Waals surface area (Å²) in [5, 5.41) is 11.2. The van der Waals surface area contributed by atoms with E-state index >= 15 is 0 Å². The Bertz CT molecular complexity index is 464. The van der Waals surface area contributed by atoms with Crippen molar-refractivity contribution >= 4 is 22.7 Å². The second-order valence-electron chi connectivity index (χ2n) is 3.97. The van der Waals surface area contributed by atoms with Crippen molar-refractivity contribution < 1.29 is 18.9 Å². The van der Waals surface area contributed by atoms with Gasteiger partial charge in [0, 0.05) is 41.8 Å². The first-order valence-electron chi connectivity index (χ1n) is 5.74. The van der Waals surface area contributed by atoms with Gasteiger partial charge >= 0.3 is 5.97 Å². The van der Waals surface area contributed by atoms with E-state index < -0.39 is 28.7 Å². The number of hydrogen-bond acceptors (Lipinski definition) is 4. The fourth-order valence-corrected chi connectivity index (χ4v) is 2.65. The molecule has 104 valence electrons. The molecule has 0 aliphatic heterocycles. The molecule has 0 spiro atoms. The molecule has 0 fully saturated rings. The van der Waals surface area contributed by atoms with Crippen molar-refractivity contribution in [2.75, 3.05) is 11.5 Å². The van der Waals surface area contributed by atoms with Crippen molar-refractivity contribution in [2.24, 2.45) is 0 Å². The zero-order valence-corrected chi connectivity index (χ0v) is 11.4. The van der Waals surface area contributed by atoms with Crippen molar-refractivity contribution in [3.05, 3.63) is 30.1 Å². The van der Waals surface area contributed by atoms with Gasteiger partial charge in [0.15, 0.2) is 0 Å². The van der Waals surface area contributed by atoms with Crippen molar-refractivity contribution in [1.29, 1.82) is 0 Å². The maximum atomic E-state index is 11.8. The highest BCUT2D eigenvalue weighted by atomic mass is 32.2. The number of aryl methyl sites for hydroxylation is 1. The predicted molar refractivity (Wildman–Crippen MR) is 71.1 cm³/mol. The smallest absolute Gasteiger partial charge is 0.327 e. The highest BCUT2D eigenvalue weighted by Gasteiger charge is 2.21. The third-order valence-electron chi connectivity index (χ3n) is 2.34. The van der Waals surface area contributed by atoms with Crippen LogP contribution in [0.3, 0.4) is 0 Å². The van der Waals surface area contributed by atoms with E-state index in [4.69, 9.17) is 5.11 Å². The Balaban J connectivity index is 2.45. The van der Waals surface area contributed by atoms with Crippen LogP contribution in [0.25, 0.3) is 0 Å². The highest BCUT2D eigenvalue weighted by molar-refractivity contribution is 7.85. The summed E-state index contributed by atoms with van der Waals surface area (Å²) in [6.45, 7) is 1.23. The van der Waals surface area contributed by atoms with E-state index in [9.17, 15) is 13.8 Å². The molecule has 2 atom stereocenters. The largest absolute Gasteiger partial charge is 0.480 e. The van der Waals surface area contributed by atoms with Crippen LogP contribution in [-0.4, -0.2) is 43.7 Å². The van der Waals surface area contributed by atoms with Crippen molar-refractivity contribution in [1.82, 2.24) is 10.3 Å². The lowest BCUT2D eigenvalue weighted by Crippen LogP contribution is -2.43. The molecule has 0 aromatic carbocycles. The molecule has 6 nitrogen and oxygen atoms in total. The number of aromatic nitrogens is 1. The Kier molecular flexibility index (Phi) is 6.14. The Morgan fingerprint density at radius 2 is 2.21 bits per heavy atom. The molecule has 1 amide bonds. The second kappa shape index (κ2) is 7.63. The molecule has 1 heterocycles. The molecule has 1 aromatic rings. The minimum Gasteiger partial charge on any atom is -0.480 e. The van der Waals surface area contributed by atoms with E-state index in [1.54, 1.807) is 12.3 Å². The van der Waals surface area contributed by atoms with E-state index in [0.717, 1.165) is 5.69 Å². The number of rotatable bonds is 7. The topological polar surface area (TPSA) is 96.4 Å². The summed E-state index contributed by atoms with van der Waals surface area (Å²) in [7, 11) is -1.32. The minimum atomic E-state index is -1.32. The predicted octanol–water partition coefficient (Wildman–Crippen LogP) is -0.0379. The van der Waals surface area contributed by atoms with Crippen molar-refractivity contribution in [3.8, 4) is 0 Å². The highest BCUT2D eigenvalue weighted by Crippen LogP contribution is 1.98. The van der Waals surface area contributed by atoms with Gasteiger partial charge in [0.25, 0.3) is 0 Å². The van der Waals surface area contributed by atoms with Crippen molar-refractivity contribution in [2.45, 2.75) is 19.4 Å². The Morgan fingerprint density at radius 3 is 2.74 bits per heavy atom. The lowest BCUT2D eigenvalue weighted by Gasteiger charge is -2.12. The number of amides is 1. The zero-order chi connectivity index (χ0) is 14.3. The molecule has 2 N–H and O–H groups in total. The van der Waals surface area contributed by atoms with Gasteiger partial charge in [0.1, 0.15) is 6.04 Å². The molecule has 0 aliphatic carbocycles. The summed E-state index contributed by atoms with van der Waals surface area (Å²) in [6.07, 6.45) is 2.16. The van der Waals surface area contributed by atoms with Gasteiger partial charge in [0.05, 0.1) is 5.75 Å². The van der Waals surface area contributed by atoms with Crippen LogP contribution >= 0.6 is 0 Å². The fourth-order valence-electron chi connectivity index (χ4n) is 1.45. The molecule has 0 radical (unpaired) electrons. The van der Waals surface area contributed by atoms with Crippen LogP contribution in [0.15, 0.2) is 24.4 Å². The molecular formula is C12H16N2O4S. The molecule has 0 bridgehead atoms. The van der Waals surface area contributed by atoms with Crippen LogP contribution < -0.4 is 5.32 Å². The van der Waals surface area contributed by atoms with Crippen LogP contribution in [0.1, 0.15) is 12.6 Å². The molecule has 19 heavy (non-hydrogen) atoms. The number of aliphatic carboxylic acids is 1. The van der Waals surface area contributed by atoms with Gasteiger partial charge in [-0.05, 0) is 12.1 Å². The Hall–Kier alpha value is -1.76. The summed E-state index contributed by atoms with van der Waals surface area (Å²) < 4.78 is 11.8. The fraction of sp³-hybridized carbons (Fsp3) is 0.417. The lowest BCUT2D eigenvalue weighted by atomic mass is 10.3. The number of carboxylic acid groups (broad SMARTS) is 1. The van der Waals surface area contributed by atoms with Crippen LogP contribution in [0.4, 0.5) is 0 Å². The number of carbonyl (C=O) groups is 2. The SMILES string of the molecule is CC(=O)NC(CS(=O)CCc1ccccn1)C(=O)O. The first-order chi connectivity index (χ1) is 8.99. The van der Waals surface area contributed by atoms with E-state index in [1.165, 1.54) is 6.92 Å². The van der Waals surface area contributed by atoms with E-state index in [0.29, 0.717) is 12.2 Å². The lowest BCUT2D eigenvalue weighted by molar-refractivity contribution is -0.140. The molecular weight excluding hydrogens is 268 g/mol. The number of nitrogens with one attached hydrogen (secondary N) is 1. The number of hydrogen-bond donors (Lipinski definition) is 2. The van der Waals surface area contributed by atoms with Crippen LogP contribution in [-0.2, 0) is 26.8 Å². The zero-order valence-electron chi connectivity index (χ0n) is 10.5. The van der Waals surface area contributed by atoms with Crippen molar-refractivity contribution in [3.63, 3.8) is 0 Å². The van der Waals surface area contributed by atoms with Gasteiger partial charge < -0.3 is 10.4 Å². The molecule has 0 saturated heterocycles. The molecule has 2 unspecified atom stereocenters. The van der Waals surface area contributed by atoms with Gasteiger partial charge in [0.2, 0.25) is 5.91 Å². The maximum Gasteiger partial charge on any atom is 0.327 e. The summed E-state index contributed by atoms with van der Waals surface area (Å²) in [5.74, 6) is -1.40. The quantitative estimate of drug-likeness (QED) is 0.732. The molecule has 0 saturated carbocycles. The van der Waals surface area contributed by atoms with E-state index in [1.807, 2.05) is 12.1 Å². The number of pyridine rings is 1. The van der Waals surface area contributed by atoms with Gasteiger partial charge in [-0.1, -0.05) is 6.07 Å². The van der Waals surface area contributed by atoms with Crippen LogP contribution in [0.2, 0.25) is 0 Å². The number of carboxylic acids is 1. The summed E-state index contributed by atoms with van der Waals surface area (Å²) in [6, 6.07) is 4.34. The first-order valence-corrected chi connectivity index (χ1v) is 7.22. The Morgan fingerprint density at radius 1 is 1.47 bits per heavy atom. The number of carbonyl (C=O) groups excluding carboxylic acids is 1. The third-order valence-corrected chi connectivity index (χ3v) is 3.70. The third kappa shape index (κ3) is 6.10. The molecule has 1 aromatic heterocycles. The average molecular weight is 284 g/mol. The van der Waals surface area contributed by atoms with Gasteiger partial charge in [-0.15, -0.1) is 0 Å². The second-order valence-corrected chi connectivity index (χ2v) is 5.59. The maximum absolute atomic E-state index is 11.8. The van der Waals surface area contributed by atoms with Crippen LogP contribution in [0, 0.1) is 0 Å². The van der Waals surface area contributed by atoms with Gasteiger partial charge in [-0.25, -0.2) is 4.79 Å². The van der Waals surface area contributed by atoms with Gasteiger partial charge in [-0.2, -0.15) is 0 Å². The summed E-state index contributed by atoms with van der Waals surface area (Å²) in [5.41, 5.74) is 0.808. The normalized spacial score (nSPS) is 13.5.